The standard InChI is InChI=1S/C16H19ClN2O5/c1-23-13-5-3-9(7-10(13)17)8-12(16(22)24-2)19-15(21)11-4-6-14(20)18-11/h3,5,7,11-12H,4,6,8H2,1-2H3,(H,18,20)(H,19,21)/t11-,12-/m0/s1. The first-order valence-electron chi connectivity index (χ1n) is 7.44. The predicted octanol–water partition coefficient (Wildman–Crippen LogP) is 0.827. The second-order valence-corrected chi connectivity index (χ2v) is 5.82. The Hall–Kier alpha value is -2.28. The molecule has 2 N–H and O–H groups in total. The minimum Gasteiger partial charge on any atom is -0.495 e. The van der Waals surface area contributed by atoms with Crippen molar-refractivity contribution in [1.29, 1.82) is 0 Å². The summed E-state index contributed by atoms with van der Waals surface area (Å²) in [7, 11) is 2.76. The van der Waals surface area contributed by atoms with Gasteiger partial charge in [0.05, 0.1) is 19.2 Å². The normalized spacial score (nSPS) is 17.8. The number of benzene rings is 1. The zero-order valence-corrected chi connectivity index (χ0v) is 14.2. The Morgan fingerprint density at radius 2 is 2.17 bits per heavy atom. The van der Waals surface area contributed by atoms with E-state index in [4.69, 9.17) is 21.1 Å². The lowest BCUT2D eigenvalue weighted by atomic mass is 10.0. The van der Waals surface area contributed by atoms with E-state index >= 15 is 0 Å². The zero-order valence-electron chi connectivity index (χ0n) is 13.4. The van der Waals surface area contributed by atoms with Crippen molar-refractivity contribution in [2.75, 3.05) is 14.2 Å². The van der Waals surface area contributed by atoms with Gasteiger partial charge in [0.25, 0.3) is 0 Å². The number of ether oxygens (including phenoxy) is 2. The van der Waals surface area contributed by atoms with Crippen LogP contribution < -0.4 is 15.4 Å². The van der Waals surface area contributed by atoms with Crippen LogP contribution in [0.3, 0.4) is 0 Å². The Bertz CT molecular complexity index is 649. The minimum absolute atomic E-state index is 0.174. The zero-order chi connectivity index (χ0) is 17.7. The number of hydrogen-bond acceptors (Lipinski definition) is 5. The second-order valence-electron chi connectivity index (χ2n) is 5.42. The van der Waals surface area contributed by atoms with E-state index in [0.29, 0.717) is 23.6 Å². The summed E-state index contributed by atoms with van der Waals surface area (Å²) in [6, 6.07) is 3.61. The summed E-state index contributed by atoms with van der Waals surface area (Å²) in [5.41, 5.74) is 0.743. The molecular formula is C16H19ClN2O5. The van der Waals surface area contributed by atoms with E-state index < -0.39 is 24.0 Å². The summed E-state index contributed by atoms with van der Waals surface area (Å²) < 4.78 is 9.83. The molecule has 0 aliphatic carbocycles. The van der Waals surface area contributed by atoms with Crippen molar-refractivity contribution >= 4 is 29.4 Å². The highest BCUT2D eigenvalue weighted by molar-refractivity contribution is 6.32. The highest BCUT2D eigenvalue weighted by Crippen LogP contribution is 2.25. The lowest BCUT2D eigenvalue weighted by Crippen LogP contribution is -2.49. The first-order valence-corrected chi connectivity index (χ1v) is 7.82. The quantitative estimate of drug-likeness (QED) is 0.738. The van der Waals surface area contributed by atoms with Gasteiger partial charge in [0.1, 0.15) is 17.8 Å². The largest absolute Gasteiger partial charge is 0.495 e. The van der Waals surface area contributed by atoms with Crippen LogP contribution in [0, 0.1) is 0 Å². The molecule has 0 bridgehead atoms. The molecule has 1 fully saturated rings. The minimum atomic E-state index is -0.871. The van der Waals surface area contributed by atoms with Crippen LogP contribution in [-0.4, -0.2) is 44.1 Å². The molecule has 8 heteroatoms. The summed E-state index contributed by atoms with van der Waals surface area (Å²) in [6.45, 7) is 0. The molecule has 1 saturated heterocycles. The van der Waals surface area contributed by atoms with Crippen LogP contribution in [0.4, 0.5) is 0 Å². The number of carbonyl (C=O) groups excluding carboxylic acids is 3. The molecule has 1 aliphatic heterocycles. The molecule has 7 nitrogen and oxygen atoms in total. The van der Waals surface area contributed by atoms with Gasteiger partial charge in [-0.3, -0.25) is 9.59 Å². The Morgan fingerprint density at radius 3 is 2.71 bits per heavy atom. The van der Waals surface area contributed by atoms with Crippen molar-refractivity contribution in [3.8, 4) is 5.75 Å². The maximum atomic E-state index is 12.2. The molecule has 1 aliphatic rings. The van der Waals surface area contributed by atoms with Crippen molar-refractivity contribution < 1.29 is 23.9 Å². The first-order chi connectivity index (χ1) is 11.4. The van der Waals surface area contributed by atoms with Crippen molar-refractivity contribution in [3.05, 3.63) is 28.8 Å². The van der Waals surface area contributed by atoms with Crippen LogP contribution in [0.15, 0.2) is 18.2 Å². The molecule has 0 spiro atoms. The number of nitrogens with one attached hydrogen (secondary N) is 2. The van der Waals surface area contributed by atoms with E-state index in [0.717, 1.165) is 5.56 Å². The fourth-order valence-electron chi connectivity index (χ4n) is 2.49. The van der Waals surface area contributed by atoms with E-state index in [1.807, 2.05) is 0 Å². The third kappa shape index (κ3) is 4.38. The summed E-state index contributed by atoms with van der Waals surface area (Å²) in [6.07, 6.45) is 0.921. The van der Waals surface area contributed by atoms with Gasteiger partial charge in [-0.15, -0.1) is 0 Å². The number of carbonyl (C=O) groups is 3. The predicted molar refractivity (Wildman–Crippen MR) is 86.8 cm³/mol. The van der Waals surface area contributed by atoms with Crippen LogP contribution in [0.1, 0.15) is 18.4 Å². The first kappa shape index (κ1) is 18.1. The average Bonchev–Trinajstić information content (AvgIpc) is 3.00. The third-order valence-corrected chi connectivity index (χ3v) is 4.07. The monoisotopic (exact) mass is 354 g/mol. The topological polar surface area (TPSA) is 93.7 Å². The van der Waals surface area contributed by atoms with Crippen LogP contribution in [0.2, 0.25) is 5.02 Å². The lowest BCUT2D eigenvalue weighted by molar-refractivity contribution is -0.145. The summed E-state index contributed by atoms with van der Waals surface area (Å²) in [5.74, 6) is -0.630. The van der Waals surface area contributed by atoms with Crippen LogP contribution >= 0.6 is 11.6 Å². The van der Waals surface area contributed by atoms with Gasteiger partial charge in [-0.1, -0.05) is 17.7 Å². The highest BCUT2D eigenvalue weighted by Gasteiger charge is 2.31. The summed E-state index contributed by atoms with van der Waals surface area (Å²) in [5, 5.41) is 5.60. The van der Waals surface area contributed by atoms with Gasteiger partial charge in [0, 0.05) is 12.8 Å². The molecule has 0 unspecified atom stereocenters. The van der Waals surface area contributed by atoms with Crippen LogP contribution in [-0.2, 0) is 25.5 Å². The molecule has 2 rings (SSSR count). The Labute approximate surface area is 144 Å². The van der Waals surface area contributed by atoms with Gasteiger partial charge in [0.15, 0.2) is 0 Å². The molecule has 1 aromatic rings. The number of rotatable bonds is 6. The SMILES string of the molecule is COC(=O)[C@H](Cc1ccc(OC)c(Cl)c1)NC(=O)[C@@H]1CCC(=O)N1. The van der Waals surface area contributed by atoms with Gasteiger partial charge in [-0.2, -0.15) is 0 Å². The van der Waals surface area contributed by atoms with E-state index in [9.17, 15) is 14.4 Å². The molecule has 1 heterocycles. The van der Waals surface area contributed by atoms with Gasteiger partial charge in [-0.05, 0) is 24.1 Å². The molecular weight excluding hydrogens is 336 g/mol. The summed E-state index contributed by atoms with van der Waals surface area (Å²) >= 11 is 6.08. The Morgan fingerprint density at radius 1 is 1.42 bits per heavy atom. The molecule has 0 saturated carbocycles. The number of halogens is 1. The number of amides is 2. The van der Waals surface area contributed by atoms with Gasteiger partial charge < -0.3 is 20.1 Å². The van der Waals surface area contributed by atoms with Crippen molar-refractivity contribution in [2.45, 2.75) is 31.3 Å². The van der Waals surface area contributed by atoms with E-state index in [1.165, 1.54) is 14.2 Å². The fourth-order valence-corrected chi connectivity index (χ4v) is 2.77. The van der Waals surface area contributed by atoms with E-state index in [-0.39, 0.29) is 12.3 Å². The van der Waals surface area contributed by atoms with Gasteiger partial charge in [0.2, 0.25) is 11.8 Å². The maximum Gasteiger partial charge on any atom is 0.328 e. The maximum absolute atomic E-state index is 12.2. The van der Waals surface area contributed by atoms with Gasteiger partial charge in [-0.25, -0.2) is 4.79 Å². The molecule has 130 valence electrons. The highest BCUT2D eigenvalue weighted by atomic mass is 35.5. The summed E-state index contributed by atoms with van der Waals surface area (Å²) in [4.78, 5) is 35.4. The van der Waals surface area contributed by atoms with Crippen molar-refractivity contribution in [3.63, 3.8) is 0 Å². The molecule has 24 heavy (non-hydrogen) atoms. The number of hydrogen-bond donors (Lipinski definition) is 2. The second kappa shape index (κ2) is 8.01. The Balaban J connectivity index is 2.08. The average molecular weight is 355 g/mol. The van der Waals surface area contributed by atoms with Gasteiger partial charge >= 0.3 is 5.97 Å². The molecule has 0 radical (unpaired) electrons. The fraction of sp³-hybridized carbons (Fsp3) is 0.438. The van der Waals surface area contributed by atoms with Crippen LogP contribution in [0.25, 0.3) is 0 Å². The molecule has 2 amide bonds. The third-order valence-electron chi connectivity index (χ3n) is 3.77. The molecule has 2 atom stereocenters. The van der Waals surface area contributed by atoms with E-state index in [1.54, 1.807) is 18.2 Å². The number of methoxy groups -OCH3 is 2. The van der Waals surface area contributed by atoms with Crippen molar-refractivity contribution in [2.24, 2.45) is 0 Å². The van der Waals surface area contributed by atoms with Crippen LogP contribution in [0.5, 0.6) is 5.75 Å². The smallest absolute Gasteiger partial charge is 0.328 e. The molecule has 1 aromatic carbocycles. The molecule has 0 aromatic heterocycles. The lowest BCUT2D eigenvalue weighted by Gasteiger charge is -2.19. The Kier molecular flexibility index (Phi) is 6.03. The van der Waals surface area contributed by atoms with Crippen molar-refractivity contribution in [1.82, 2.24) is 10.6 Å². The number of esters is 1. The van der Waals surface area contributed by atoms with E-state index in [2.05, 4.69) is 10.6 Å².